The lowest BCUT2D eigenvalue weighted by Gasteiger charge is -2.22. The zero-order valence-corrected chi connectivity index (χ0v) is 12.9. The minimum Gasteiger partial charge on any atom is -0.480 e. The van der Waals surface area contributed by atoms with Gasteiger partial charge in [-0.15, -0.1) is 0 Å². The molecule has 21 heavy (non-hydrogen) atoms. The second kappa shape index (κ2) is 10.3. The minimum atomic E-state index is -1.99. The van der Waals surface area contributed by atoms with Gasteiger partial charge in [-0.25, -0.2) is 4.79 Å². The van der Waals surface area contributed by atoms with Crippen LogP contribution in [0.5, 0.6) is 0 Å². The first-order valence-corrected chi connectivity index (χ1v) is 7.68. The fourth-order valence-corrected chi connectivity index (χ4v) is 2.15. The number of carboxylic acid groups (broad SMARTS) is 1. The van der Waals surface area contributed by atoms with Crippen molar-refractivity contribution in [3.8, 4) is 0 Å². The lowest BCUT2D eigenvalue weighted by molar-refractivity contribution is -0.148. The van der Waals surface area contributed by atoms with E-state index in [1.165, 1.54) is 19.3 Å². The average Bonchev–Trinajstić information content (AvgIpc) is 2.43. The van der Waals surface area contributed by atoms with Gasteiger partial charge in [0.05, 0.1) is 0 Å². The molecule has 122 valence electrons. The van der Waals surface area contributed by atoms with Crippen LogP contribution in [0.2, 0.25) is 0 Å². The highest BCUT2D eigenvalue weighted by Gasteiger charge is 2.41. The zero-order chi connectivity index (χ0) is 16.3. The minimum absolute atomic E-state index is 0.134. The highest BCUT2D eigenvalue weighted by atomic mass is 16.4. The topological polar surface area (TPSA) is 123 Å². The van der Waals surface area contributed by atoms with E-state index in [1.807, 2.05) is 0 Å². The Morgan fingerprint density at radius 3 is 1.95 bits per heavy atom. The summed E-state index contributed by atoms with van der Waals surface area (Å²) in [5.74, 6) is -2.57. The van der Waals surface area contributed by atoms with E-state index in [-0.39, 0.29) is 19.3 Å². The molecule has 6 nitrogen and oxygen atoms in total. The molecule has 0 bridgehead atoms. The quantitative estimate of drug-likeness (QED) is 0.353. The lowest BCUT2D eigenvalue weighted by Crippen LogP contribution is -2.55. The van der Waals surface area contributed by atoms with Crippen molar-refractivity contribution in [3.05, 3.63) is 0 Å². The summed E-state index contributed by atoms with van der Waals surface area (Å²) in [4.78, 5) is 33.9. The number of aliphatic carboxylic acids is 1. The number of carboxylic acids is 1. The van der Waals surface area contributed by atoms with E-state index in [1.54, 1.807) is 0 Å². The summed E-state index contributed by atoms with van der Waals surface area (Å²) < 4.78 is 0. The molecule has 0 aliphatic heterocycles. The number of hydrogen-bond donors (Lipinski definition) is 3. The number of amides is 1. The summed E-state index contributed by atoms with van der Waals surface area (Å²) in [5, 5.41) is 9.12. The van der Waals surface area contributed by atoms with E-state index in [2.05, 4.69) is 6.92 Å². The van der Waals surface area contributed by atoms with Gasteiger partial charge >= 0.3 is 5.97 Å². The van der Waals surface area contributed by atoms with Crippen LogP contribution in [0.15, 0.2) is 0 Å². The lowest BCUT2D eigenvalue weighted by atomic mass is 9.87. The molecule has 0 saturated heterocycles. The Balaban J connectivity index is 4.13. The summed E-state index contributed by atoms with van der Waals surface area (Å²) >= 11 is 0. The predicted octanol–water partition coefficient (Wildman–Crippen LogP) is 1.74. The molecule has 0 fully saturated rings. The summed E-state index contributed by atoms with van der Waals surface area (Å²) in [6.07, 6.45) is 6.99. The number of unbranched alkanes of at least 4 members (excludes halogenated alkanes) is 6. The van der Waals surface area contributed by atoms with Crippen molar-refractivity contribution in [2.45, 2.75) is 76.7 Å². The van der Waals surface area contributed by atoms with Crippen LogP contribution in [0.1, 0.15) is 71.1 Å². The molecule has 0 unspecified atom stereocenters. The molecule has 0 heterocycles. The second-order valence-electron chi connectivity index (χ2n) is 5.54. The van der Waals surface area contributed by atoms with Gasteiger partial charge in [0.15, 0.2) is 11.3 Å². The molecule has 6 heteroatoms. The molecule has 0 radical (unpaired) electrons. The molecule has 0 aromatic rings. The summed E-state index contributed by atoms with van der Waals surface area (Å²) in [6, 6.07) is 0. The monoisotopic (exact) mass is 300 g/mol. The van der Waals surface area contributed by atoms with Crippen LogP contribution in [0.25, 0.3) is 0 Å². The van der Waals surface area contributed by atoms with Crippen LogP contribution in [-0.2, 0) is 14.4 Å². The zero-order valence-electron chi connectivity index (χ0n) is 12.9. The number of primary amides is 1. The smallest absolute Gasteiger partial charge is 0.331 e. The molecular weight excluding hydrogens is 272 g/mol. The van der Waals surface area contributed by atoms with Crippen molar-refractivity contribution in [1.29, 1.82) is 0 Å². The van der Waals surface area contributed by atoms with Gasteiger partial charge in [-0.05, 0) is 12.8 Å². The van der Waals surface area contributed by atoms with E-state index in [4.69, 9.17) is 16.6 Å². The van der Waals surface area contributed by atoms with Gasteiger partial charge in [0, 0.05) is 12.8 Å². The molecule has 1 amide bonds. The molecule has 0 rings (SSSR count). The second-order valence-corrected chi connectivity index (χ2v) is 5.54. The fourth-order valence-electron chi connectivity index (χ4n) is 2.15. The van der Waals surface area contributed by atoms with Gasteiger partial charge in [0.1, 0.15) is 0 Å². The number of ketones is 1. The maximum atomic E-state index is 12.0. The first-order valence-electron chi connectivity index (χ1n) is 7.68. The Bertz CT molecular complexity index is 358. The Hall–Kier alpha value is -1.43. The van der Waals surface area contributed by atoms with E-state index in [0.29, 0.717) is 6.42 Å². The molecule has 0 aliphatic carbocycles. The Labute approximate surface area is 126 Å². The Kier molecular flexibility index (Phi) is 9.62. The van der Waals surface area contributed by atoms with Gasteiger partial charge in [0.2, 0.25) is 5.91 Å². The van der Waals surface area contributed by atoms with Crippen molar-refractivity contribution in [1.82, 2.24) is 0 Å². The van der Waals surface area contributed by atoms with Crippen LogP contribution < -0.4 is 11.5 Å². The van der Waals surface area contributed by atoms with Crippen molar-refractivity contribution >= 4 is 17.7 Å². The standard InChI is InChI=1S/C15H28N2O4/c1-2-3-4-5-6-7-8-9-12(18)15(17,14(20)21)11-10-13(16)19/h2-11,17H2,1H3,(H2,16,19)(H,20,21)/t15-/m1/s1. The van der Waals surface area contributed by atoms with Crippen molar-refractivity contribution < 1.29 is 19.5 Å². The summed E-state index contributed by atoms with van der Waals surface area (Å²) in [7, 11) is 0. The largest absolute Gasteiger partial charge is 0.480 e. The van der Waals surface area contributed by atoms with Crippen molar-refractivity contribution in [3.63, 3.8) is 0 Å². The van der Waals surface area contributed by atoms with Crippen LogP contribution in [0, 0.1) is 0 Å². The molecule has 0 aliphatic rings. The molecule has 0 aromatic heterocycles. The highest BCUT2D eigenvalue weighted by molar-refractivity contribution is 6.07. The summed E-state index contributed by atoms with van der Waals surface area (Å²) in [6.45, 7) is 2.15. The van der Waals surface area contributed by atoms with Crippen molar-refractivity contribution in [2.24, 2.45) is 11.5 Å². The van der Waals surface area contributed by atoms with E-state index >= 15 is 0 Å². The van der Waals surface area contributed by atoms with Crippen molar-refractivity contribution in [2.75, 3.05) is 0 Å². The van der Waals surface area contributed by atoms with E-state index in [0.717, 1.165) is 19.3 Å². The third-order valence-electron chi connectivity index (χ3n) is 3.65. The number of hydrogen-bond acceptors (Lipinski definition) is 4. The molecule has 1 atom stereocenters. The van der Waals surface area contributed by atoms with Crippen LogP contribution in [0.3, 0.4) is 0 Å². The normalized spacial score (nSPS) is 13.6. The molecule has 5 N–H and O–H groups in total. The first kappa shape index (κ1) is 19.6. The molecule has 0 saturated carbocycles. The van der Waals surface area contributed by atoms with Crippen LogP contribution in [0.4, 0.5) is 0 Å². The fraction of sp³-hybridized carbons (Fsp3) is 0.800. The number of carbonyl (C=O) groups is 3. The van der Waals surface area contributed by atoms with E-state index < -0.39 is 23.2 Å². The maximum absolute atomic E-state index is 12.0. The third-order valence-corrected chi connectivity index (χ3v) is 3.65. The number of carbonyl (C=O) groups excluding carboxylic acids is 2. The number of rotatable bonds is 13. The van der Waals surface area contributed by atoms with Crippen LogP contribution >= 0.6 is 0 Å². The van der Waals surface area contributed by atoms with Gasteiger partial charge in [-0.2, -0.15) is 0 Å². The number of Topliss-reactive ketones (excluding diaryl/α,β-unsaturated/α-hetero) is 1. The van der Waals surface area contributed by atoms with Gasteiger partial charge < -0.3 is 16.6 Å². The third kappa shape index (κ3) is 7.80. The predicted molar refractivity (Wildman–Crippen MR) is 80.6 cm³/mol. The molecule has 0 aromatic carbocycles. The molecule has 0 spiro atoms. The summed E-state index contributed by atoms with van der Waals surface area (Å²) in [5.41, 5.74) is 8.65. The first-order chi connectivity index (χ1) is 9.84. The Morgan fingerprint density at radius 1 is 0.952 bits per heavy atom. The van der Waals surface area contributed by atoms with E-state index in [9.17, 15) is 14.4 Å². The highest BCUT2D eigenvalue weighted by Crippen LogP contribution is 2.17. The average molecular weight is 300 g/mol. The van der Waals surface area contributed by atoms with Gasteiger partial charge in [0.25, 0.3) is 0 Å². The Morgan fingerprint density at radius 2 is 1.48 bits per heavy atom. The van der Waals surface area contributed by atoms with Gasteiger partial charge in [-0.1, -0.05) is 45.4 Å². The number of nitrogens with two attached hydrogens (primary N) is 2. The molecular formula is C15H28N2O4. The van der Waals surface area contributed by atoms with Crippen LogP contribution in [-0.4, -0.2) is 28.3 Å². The SMILES string of the molecule is CCCCCCCCCC(=O)[C@](N)(CCC(N)=O)C(=O)O. The maximum Gasteiger partial charge on any atom is 0.331 e. The van der Waals surface area contributed by atoms with Gasteiger partial charge in [-0.3, -0.25) is 9.59 Å².